The molecule has 26 heavy (non-hydrogen) atoms. The number of amides is 1. The zero-order valence-corrected chi connectivity index (χ0v) is 15.4. The van der Waals surface area contributed by atoms with E-state index >= 15 is 0 Å². The van der Waals surface area contributed by atoms with Crippen molar-refractivity contribution in [2.45, 2.75) is 32.1 Å². The Kier molecular flexibility index (Phi) is 5.99. The number of benzene rings is 1. The van der Waals surface area contributed by atoms with E-state index in [2.05, 4.69) is 12.1 Å². The Morgan fingerprint density at radius 3 is 2.77 bits per heavy atom. The SMILES string of the molecule is COCC(=O)N1CCC[C@@H](c2cc(Cc3ccc(F)cc3)cc(C)n2)C1. The fourth-order valence-electron chi connectivity index (χ4n) is 3.58. The Hall–Kier alpha value is -2.27. The van der Waals surface area contributed by atoms with Gasteiger partial charge in [-0.3, -0.25) is 9.78 Å². The third-order valence-electron chi connectivity index (χ3n) is 4.81. The van der Waals surface area contributed by atoms with Crippen LogP contribution in [0.1, 0.15) is 41.3 Å². The normalized spacial score (nSPS) is 17.3. The molecule has 0 unspecified atom stereocenters. The molecule has 3 rings (SSSR count). The smallest absolute Gasteiger partial charge is 0.248 e. The Labute approximate surface area is 154 Å². The van der Waals surface area contributed by atoms with Crippen LogP contribution in [-0.4, -0.2) is 42.6 Å². The third kappa shape index (κ3) is 4.67. The molecule has 0 spiro atoms. The Morgan fingerprint density at radius 2 is 2.04 bits per heavy atom. The van der Waals surface area contributed by atoms with Gasteiger partial charge in [0, 0.05) is 37.5 Å². The number of hydrogen-bond acceptors (Lipinski definition) is 3. The lowest BCUT2D eigenvalue weighted by Crippen LogP contribution is -2.41. The molecule has 2 aromatic rings. The summed E-state index contributed by atoms with van der Waals surface area (Å²) in [6, 6.07) is 10.8. The highest BCUT2D eigenvalue weighted by atomic mass is 19.1. The van der Waals surface area contributed by atoms with Crippen molar-refractivity contribution < 1.29 is 13.9 Å². The van der Waals surface area contributed by atoms with Crippen molar-refractivity contribution in [3.63, 3.8) is 0 Å². The summed E-state index contributed by atoms with van der Waals surface area (Å²) in [6.45, 7) is 3.60. The predicted molar refractivity (Wildman–Crippen MR) is 98.6 cm³/mol. The molecule has 0 bridgehead atoms. The molecule has 1 fully saturated rings. The van der Waals surface area contributed by atoms with Gasteiger partial charge in [-0.05, 0) is 61.6 Å². The molecular formula is C21H25FN2O2. The third-order valence-corrected chi connectivity index (χ3v) is 4.81. The summed E-state index contributed by atoms with van der Waals surface area (Å²) < 4.78 is 18.1. The lowest BCUT2D eigenvalue weighted by Gasteiger charge is -2.32. The Balaban J connectivity index is 1.76. The van der Waals surface area contributed by atoms with Crippen molar-refractivity contribution in [1.29, 1.82) is 0 Å². The fourth-order valence-corrected chi connectivity index (χ4v) is 3.58. The van der Waals surface area contributed by atoms with Gasteiger partial charge >= 0.3 is 0 Å². The molecule has 0 saturated carbocycles. The minimum absolute atomic E-state index is 0.0383. The quantitative estimate of drug-likeness (QED) is 0.824. The summed E-state index contributed by atoms with van der Waals surface area (Å²) in [6.07, 6.45) is 2.75. The van der Waals surface area contributed by atoms with Crippen LogP contribution in [0.5, 0.6) is 0 Å². The first-order chi connectivity index (χ1) is 12.5. The summed E-state index contributed by atoms with van der Waals surface area (Å²) in [5, 5.41) is 0. The summed E-state index contributed by atoms with van der Waals surface area (Å²) in [5.41, 5.74) is 4.25. The van der Waals surface area contributed by atoms with Crippen LogP contribution in [0.15, 0.2) is 36.4 Å². The molecule has 1 aliphatic rings. The number of aromatic nitrogens is 1. The highest BCUT2D eigenvalue weighted by Gasteiger charge is 2.25. The number of rotatable bonds is 5. The van der Waals surface area contributed by atoms with Crippen molar-refractivity contribution in [2.24, 2.45) is 0 Å². The van der Waals surface area contributed by atoms with E-state index in [1.165, 1.54) is 17.7 Å². The number of nitrogens with zero attached hydrogens (tertiary/aromatic N) is 2. The van der Waals surface area contributed by atoms with Crippen LogP contribution in [0.4, 0.5) is 4.39 Å². The molecule has 0 aliphatic carbocycles. The fraction of sp³-hybridized carbons (Fsp3) is 0.429. The predicted octanol–water partition coefficient (Wildman–Crippen LogP) is 3.47. The zero-order chi connectivity index (χ0) is 18.5. The molecule has 1 aromatic heterocycles. The lowest BCUT2D eigenvalue weighted by atomic mass is 9.92. The zero-order valence-electron chi connectivity index (χ0n) is 15.4. The second kappa shape index (κ2) is 8.41. The molecule has 5 heteroatoms. The number of pyridine rings is 1. The number of carbonyl (C=O) groups is 1. The van der Waals surface area contributed by atoms with Gasteiger partial charge in [0.2, 0.25) is 5.91 Å². The topological polar surface area (TPSA) is 42.4 Å². The molecule has 1 saturated heterocycles. The maximum atomic E-state index is 13.1. The van der Waals surface area contributed by atoms with E-state index in [1.807, 2.05) is 24.0 Å². The van der Waals surface area contributed by atoms with E-state index in [9.17, 15) is 9.18 Å². The van der Waals surface area contributed by atoms with E-state index in [4.69, 9.17) is 9.72 Å². The van der Waals surface area contributed by atoms with E-state index in [0.717, 1.165) is 42.8 Å². The average molecular weight is 356 g/mol. The second-order valence-corrected chi connectivity index (χ2v) is 6.96. The molecule has 0 N–H and O–H groups in total. The largest absolute Gasteiger partial charge is 0.375 e. The number of hydrogen-bond donors (Lipinski definition) is 0. The van der Waals surface area contributed by atoms with Crippen molar-refractivity contribution in [3.05, 3.63) is 64.7 Å². The first-order valence-electron chi connectivity index (χ1n) is 9.04. The minimum atomic E-state index is -0.219. The molecular weight excluding hydrogens is 331 g/mol. The van der Waals surface area contributed by atoms with Gasteiger partial charge in [0.05, 0.1) is 0 Å². The van der Waals surface area contributed by atoms with Gasteiger partial charge in [-0.1, -0.05) is 12.1 Å². The number of aryl methyl sites for hydroxylation is 1. The molecule has 138 valence electrons. The number of halogens is 1. The number of piperidine rings is 1. The maximum Gasteiger partial charge on any atom is 0.248 e. The van der Waals surface area contributed by atoms with E-state index < -0.39 is 0 Å². The summed E-state index contributed by atoms with van der Waals surface area (Å²) in [5.74, 6) is 0.0659. The maximum absolute atomic E-state index is 13.1. The first kappa shape index (κ1) is 18.5. The number of carbonyl (C=O) groups excluding carboxylic acids is 1. The average Bonchev–Trinajstić information content (AvgIpc) is 2.63. The van der Waals surface area contributed by atoms with Crippen LogP contribution in [0.3, 0.4) is 0 Å². The Morgan fingerprint density at radius 1 is 1.27 bits per heavy atom. The molecule has 4 nitrogen and oxygen atoms in total. The number of ether oxygens (including phenoxy) is 1. The van der Waals surface area contributed by atoms with E-state index in [1.54, 1.807) is 7.11 Å². The van der Waals surface area contributed by atoms with Crippen LogP contribution in [-0.2, 0) is 16.0 Å². The van der Waals surface area contributed by atoms with Gasteiger partial charge in [-0.25, -0.2) is 4.39 Å². The second-order valence-electron chi connectivity index (χ2n) is 6.96. The van der Waals surface area contributed by atoms with Crippen molar-refractivity contribution >= 4 is 5.91 Å². The van der Waals surface area contributed by atoms with Crippen LogP contribution in [0.2, 0.25) is 0 Å². The van der Waals surface area contributed by atoms with E-state index in [-0.39, 0.29) is 24.2 Å². The van der Waals surface area contributed by atoms with Gasteiger partial charge < -0.3 is 9.64 Å². The van der Waals surface area contributed by atoms with Crippen LogP contribution in [0, 0.1) is 12.7 Å². The highest BCUT2D eigenvalue weighted by Crippen LogP contribution is 2.27. The van der Waals surface area contributed by atoms with Crippen LogP contribution in [0.25, 0.3) is 0 Å². The van der Waals surface area contributed by atoms with Crippen LogP contribution < -0.4 is 0 Å². The highest BCUT2D eigenvalue weighted by molar-refractivity contribution is 5.77. The monoisotopic (exact) mass is 356 g/mol. The van der Waals surface area contributed by atoms with Gasteiger partial charge in [0.1, 0.15) is 12.4 Å². The molecule has 0 radical (unpaired) electrons. The molecule has 1 aromatic carbocycles. The number of likely N-dealkylation sites (tertiary alicyclic amines) is 1. The van der Waals surface area contributed by atoms with Gasteiger partial charge in [0.25, 0.3) is 0 Å². The summed E-state index contributed by atoms with van der Waals surface area (Å²) in [4.78, 5) is 18.7. The summed E-state index contributed by atoms with van der Waals surface area (Å²) >= 11 is 0. The van der Waals surface area contributed by atoms with Crippen LogP contribution >= 0.6 is 0 Å². The van der Waals surface area contributed by atoms with Crippen molar-refractivity contribution in [3.8, 4) is 0 Å². The van der Waals surface area contributed by atoms with Crippen molar-refractivity contribution in [1.82, 2.24) is 9.88 Å². The molecule has 1 amide bonds. The standard InChI is InChI=1S/C21H25FN2O2/c1-15-10-17(11-16-5-7-19(22)8-6-16)12-20(23-15)18-4-3-9-24(13-18)21(25)14-26-2/h5-8,10,12,18H,3-4,9,11,13-14H2,1-2H3/t18-/m1/s1. The number of methoxy groups -OCH3 is 1. The van der Waals surface area contributed by atoms with Gasteiger partial charge in [-0.2, -0.15) is 0 Å². The Bertz CT molecular complexity index is 761. The molecule has 1 atom stereocenters. The van der Waals surface area contributed by atoms with Crippen molar-refractivity contribution in [2.75, 3.05) is 26.8 Å². The lowest BCUT2D eigenvalue weighted by molar-refractivity contribution is -0.136. The molecule has 1 aliphatic heterocycles. The van der Waals surface area contributed by atoms with Gasteiger partial charge in [0.15, 0.2) is 0 Å². The summed E-state index contributed by atoms with van der Waals surface area (Å²) in [7, 11) is 1.54. The minimum Gasteiger partial charge on any atom is -0.375 e. The molecule has 2 heterocycles. The van der Waals surface area contributed by atoms with Gasteiger partial charge in [-0.15, -0.1) is 0 Å². The van der Waals surface area contributed by atoms with E-state index in [0.29, 0.717) is 6.54 Å². The first-order valence-corrected chi connectivity index (χ1v) is 9.04.